The summed E-state index contributed by atoms with van der Waals surface area (Å²) in [5.74, 6) is -0.761. The first-order chi connectivity index (χ1) is 16.0. The number of ether oxygens (including phenoxy) is 1. The average Bonchev–Trinajstić information content (AvgIpc) is 3.12. The first-order valence-electron chi connectivity index (χ1n) is 10.4. The van der Waals surface area contributed by atoms with Gasteiger partial charge in [0.15, 0.2) is 11.6 Å². The van der Waals surface area contributed by atoms with Crippen LogP contribution in [0, 0.1) is 12.7 Å². The fourth-order valence-electron chi connectivity index (χ4n) is 3.89. The smallest absolute Gasteiger partial charge is 0.260 e. The van der Waals surface area contributed by atoms with Crippen LogP contribution in [0.4, 0.5) is 4.39 Å². The molecular formula is C26H19ClFN3O2. The molecule has 4 aromatic rings. The van der Waals surface area contributed by atoms with Crippen molar-refractivity contribution in [1.29, 1.82) is 0 Å². The maximum absolute atomic E-state index is 14.2. The predicted molar refractivity (Wildman–Crippen MR) is 124 cm³/mol. The number of aryl methyl sites for hydroxylation is 1. The number of hydrogen-bond acceptors (Lipinski definition) is 4. The zero-order valence-electron chi connectivity index (χ0n) is 17.8. The molecule has 1 aliphatic heterocycles. The molecule has 0 bridgehead atoms. The van der Waals surface area contributed by atoms with Gasteiger partial charge in [-0.25, -0.2) is 9.37 Å². The van der Waals surface area contributed by atoms with Crippen LogP contribution < -0.4 is 4.74 Å². The number of carbonyl (C=O) groups excluding carboxylic acids is 1. The molecule has 33 heavy (non-hydrogen) atoms. The van der Waals surface area contributed by atoms with Crippen LogP contribution in [-0.2, 0) is 13.1 Å². The number of benzene rings is 2. The summed E-state index contributed by atoms with van der Waals surface area (Å²) in [6, 6.07) is 18.0. The van der Waals surface area contributed by atoms with Gasteiger partial charge in [-0.15, -0.1) is 0 Å². The van der Waals surface area contributed by atoms with Crippen LogP contribution in [0.25, 0.3) is 11.1 Å². The Morgan fingerprint density at radius 2 is 1.79 bits per heavy atom. The van der Waals surface area contributed by atoms with Crippen LogP contribution in [-0.4, -0.2) is 20.8 Å². The summed E-state index contributed by atoms with van der Waals surface area (Å²) in [4.78, 5) is 23.3. The summed E-state index contributed by atoms with van der Waals surface area (Å²) in [7, 11) is 0. The van der Waals surface area contributed by atoms with E-state index in [0.717, 1.165) is 34.0 Å². The van der Waals surface area contributed by atoms with Gasteiger partial charge in [0.2, 0.25) is 5.88 Å². The van der Waals surface area contributed by atoms with E-state index in [4.69, 9.17) is 16.3 Å². The van der Waals surface area contributed by atoms with E-state index in [9.17, 15) is 9.18 Å². The van der Waals surface area contributed by atoms with Crippen LogP contribution in [0.5, 0.6) is 11.6 Å². The molecule has 164 valence electrons. The Balaban J connectivity index is 1.35. The zero-order valence-corrected chi connectivity index (χ0v) is 18.5. The van der Waals surface area contributed by atoms with Gasteiger partial charge in [0.25, 0.3) is 5.91 Å². The van der Waals surface area contributed by atoms with E-state index in [1.54, 1.807) is 23.4 Å². The monoisotopic (exact) mass is 459 g/mol. The molecule has 2 aromatic carbocycles. The van der Waals surface area contributed by atoms with Gasteiger partial charge >= 0.3 is 0 Å². The van der Waals surface area contributed by atoms with Crippen molar-refractivity contribution < 1.29 is 13.9 Å². The number of nitrogens with zero attached hydrogens (tertiary/aromatic N) is 3. The van der Waals surface area contributed by atoms with Gasteiger partial charge in [0, 0.05) is 36.2 Å². The predicted octanol–water partition coefficient (Wildman–Crippen LogP) is 6.19. The van der Waals surface area contributed by atoms with E-state index in [0.29, 0.717) is 18.7 Å². The third-order valence-electron chi connectivity index (χ3n) is 5.52. The molecule has 0 aliphatic carbocycles. The maximum atomic E-state index is 14.2. The first kappa shape index (κ1) is 21.1. The quantitative estimate of drug-likeness (QED) is 0.357. The molecule has 2 aromatic heterocycles. The summed E-state index contributed by atoms with van der Waals surface area (Å²) in [6.07, 6.45) is 3.35. The van der Waals surface area contributed by atoms with Crippen LogP contribution in [0.2, 0.25) is 5.02 Å². The van der Waals surface area contributed by atoms with Gasteiger partial charge in [-0.3, -0.25) is 9.78 Å². The van der Waals surface area contributed by atoms with Crippen molar-refractivity contribution in [2.45, 2.75) is 20.0 Å². The van der Waals surface area contributed by atoms with E-state index in [1.165, 1.54) is 12.1 Å². The highest BCUT2D eigenvalue weighted by molar-refractivity contribution is 6.30. The molecule has 0 spiro atoms. The lowest BCUT2D eigenvalue weighted by Crippen LogP contribution is -2.23. The Hall–Kier alpha value is -3.77. The Kier molecular flexibility index (Phi) is 5.52. The van der Waals surface area contributed by atoms with Crippen LogP contribution in [0.3, 0.4) is 0 Å². The standard InChI is InChI=1S/C26H19ClFN3O2/c1-16-12-19(8-10-29-16)18-4-2-17(3-5-18)14-31-15-20-9-11-30-25(24(20)26(31)32)33-23-7-6-21(27)13-22(23)28/h2-13H,14-15H2,1H3. The normalized spacial score (nSPS) is 12.7. The van der Waals surface area contributed by atoms with Crippen molar-refractivity contribution >= 4 is 17.5 Å². The van der Waals surface area contributed by atoms with Crippen LogP contribution in [0.1, 0.15) is 27.2 Å². The second kappa shape index (κ2) is 8.64. The molecule has 7 heteroatoms. The Morgan fingerprint density at radius 3 is 2.55 bits per heavy atom. The van der Waals surface area contributed by atoms with E-state index < -0.39 is 5.82 Å². The number of halogens is 2. The fourth-order valence-corrected chi connectivity index (χ4v) is 4.05. The van der Waals surface area contributed by atoms with E-state index in [1.807, 2.05) is 43.3 Å². The summed E-state index contributed by atoms with van der Waals surface area (Å²) in [5, 5.41) is 0.262. The third-order valence-corrected chi connectivity index (χ3v) is 5.76. The van der Waals surface area contributed by atoms with E-state index in [-0.39, 0.29) is 22.6 Å². The summed E-state index contributed by atoms with van der Waals surface area (Å²) < 4.78 is 19.8. The molecule has 1 aliphatic rings. The van der Waals surface area contributed by atoms with Gasteiger partial charge in [-0.2, -0.15) is 0 Å². The molecule has 5 rings (SSSR count). The van der Waals surface area contributed by atoms with Gasteiger partial charge in [-0.1, -0.05) is 35.9 Å². The van der Waals surface area contributed by atoms with Crippen molar-refractivity contribution in [1.82, 2.24) is 14.9 Å². The Bertz CT molecular complexity index is 1360. The minimum Gasteiger partial charge on any atom is -0.435 e. The number of amides is 1. The molecule has 0 unspecified atom stereocenters. The van der Waals surface area contributed by atoms with Gasteiger partial charge in [-0.05, 0) is 65.6 Å². The second-order valence-electron chi connectivity index (χ2n) is 7.87. The number of fused-ring (bicyclic) bond motifs is 1. The lowest BCUT2D eigenvalue weighted by atomic mass is 10.0. The summed E-state index contributed by atoms with van der Waals surface area (Å²) in [6.45, 7) is 2.84. The van der Waals surface area contributed by atoms with E-state index in [2.05, 4.69) is 9.97 Å². The number of aromatic nitrogens is 2. The zero-order chi connectivity index (χ0) is 22.9. The summed E-state index contributed by atoms with van der Waals surface area (Å²) in [5.41, 5.74) is 5.30. The number of pyridine rings is 2. The average molecular weight is 460 g/mol. The largest absolute Gasteiger partial charge is 0.435 e. The number of hydrogen-bond donors (Lipinski definition) is 0. The van der Waals surface area contributed by atoms with Crippen molar-refractivity contribution in [2.75, 3.05) is 0 Å². The SMILES string of the molecule is Cc1cc(-c2ccc(CN3Cc4ccnc(Oc5ccc(Cl)cc5F)c4C3=O)cc2)ccn1. The first-order valence-corrected chi connectivity index (χ1v) is 10.8. The molecule has 0 fully saturated rings. The molecule has 0 atom stereocenters. The molecule has 5 nitrogen and oxygen atoms in total. The minimum atomic E-state index is -0.617. The third kappa shape index (κ3) is 4.30. The minimum absolute atomic E-state index is 0.0338. The maximum Gasteiger partial charge on any atom is 0.260 e. The Labute approximate surface area is 195 Å². The molecule has 0 N–H and O–H groups in total. The number of carbonyl (C=O) groups is 1. The lowest BCUT2D eigenvalue weighted by Gasteiger charge is -2.16. The highest BCUT2D eigenvalue weighted by Gasteiger charge is 2.32. The number of rotatable bonds is 5. The molecular weight excluding hydrogens is 441 g/mol. The molecule has 0 saturated heterocycles. The van der Waals surface area contributed by atoms with E-state index >= 15 is 0 Å². The highest BCUT2D eigenvalue weighted by atomic mass is 35.5. The van der Waals surface area contributed by atoms with Crippen LogP contribution >= 0.6 is 11.6 Å². The van der Waals surface area contributed by atoms with Gasteiger partial charge in [0.1, 0.15) is 5.56 Å². The second-order valence-corrected chi connectivity index (χ2v) is 8.31. The molecule has 0 radical (unpaired) electrons. The molecule has 3 heterocycles. The van der Waals surface area contributed by atoms with Crippen molar-refractivity contribution in [3.63, 3.8) is 0 Å². The van der Waals surface area contributed by atoms with Crippen molar-refractivity contribution in [2.24, 2.45) is 0 Å². The summed E-state index contributed by atoms with van der Waals surface area (Å²) >= 11 is 5.81. The van der Waals surface area contributed by atoms with Gasteiger partial charge in [0.05, 0.1) is 0 Å². The van der Waals surface area contributed by atoms with Crippen LogP contribution in [0.15, 0.2) is 73.1 Å². The fraction of sp³-hybridized carbons (Fsp3) is 0.115. The molecule has 0 saturated carbocycles. The van der Waals surface area contributed by atoms with Gasteiger partial charge < -0.3 is 9.64 Å². The Morgan fingerprint density at radius 1 is 1.00 bits per heavy atom. The lowest BCUT2D eigenvalue weighted by molar-refractivity contribution is 0.0764. The van der Waals surface area contributed by atoms with Crippen molar-refractivity contribution in [3.05, 3.63) is 106 Å². The topological polar surface area (TPSA) is 55.3 Å². The molecule has 1 amide bonds. The van der Waals surface area contributed by atoms with Crippen molar-refractivity contribution in [3.8, 4) is 22.8 Å². The highest BCUT2D eigenvalue weighted by Crippen LogP contribution is 2.34.